The predicted molar refractivity (Wildman–Crippen MR) is 52.4 cm³/mol. The van der Waals surface area contributed by atoms with Gasteiger partial charge in [-0.25, -0.2) is 0 Å². The Morgan fingerprint density at radius 1 is 1.50 bits per heavy atom. The number of nitrogens with zero attached hydrogens (tertiary/aromatic N) is 1. The van der Waals surface area contributed by atoms with E-state index in [9.17, 15) is 13.2 Å². The second-order valence-electron chi connectivity index (χ2n) is 3.45. The third-order valence-corrected chi connectivity index (χ3v) is 2.84. The van der Waals surface area contributed by atoms with E-state index in [1.807, 2.05) is 6.92 Å². The highest BCUT2D eigenvalue weighted by Crippen LogP contribution is 2.29. The zero-order valence-corrected chi connectivity index (χ0v) is 8.92. The van der Waals surface area contributed by atoms with E-state index in [1.165, 1.54) is 0 Å². The third kappa shape index (κ3) is 5.07. The van der Waals surface area contributed by atoms with Gasteiger partial charge >= 0.3 is 5.51 Å². The van der Waals surface area contributed by atoms with Gasteiger partial charge in [-0.1, -0.05) is 0 Å². The van der Waals surface area contributed by atoms with Gasteiger partial charge < -0.3 is 5.32 Å². The van der Waals surface area contributed by atoms with Gasteiger partial charge in [0.05, 0.1) is 0 Å². The molecule has 0 saturated carbocycles. The van der Waals surface area contributed by atoms with Crippen molar-refractivity contribution in [2.24, 2.45) is 0 Å². The summed E-state index contributed by atoms with van der Waals surface area (Å²) in [6.07, 6.45) is 0. The van der Waals surface area contributed by atoms with Crippen LogP contribution in [0.15, 0.2) is 0 Å². The fourth-order valence-corrected chi connectivity index (χ4v) is 2.09. The van der Waals surface area contributed by atoms with Crippen molar-refractivity contribution >= 4 is 11.8 Å². The van der Waals surface area contributed by atoms with E-state index >= 15 is 0 Å². The summed E-state index contributed by atoms with van der Waals surface area (Å²) in [5.74, 6) is 0.135. The van der Waals surface area contributed by atoms with Gasteiger partial charge in [-0.05, 0) is 18.7 Å². The zero-order chi connectivity index (χ0) is 10.6. The predicted octanol–water partition coefficient (Wildman–Crippen LogP) is 1.53. The smallest absolute Gasteiger partial charge is 0.312 e. The number of nitrogens with one attached hydrogen (secondary N) is 1. The SMILES string of the molecule is C[C@H]1CN(CCSC(F)(F)F)CCN1. The van der Waals surface area contributed by atoms with Crippen LogP contribution >= 0.6 is 11.8 Å². The van der Waals surface area contributed by atoms with Crippen molar-refractivity contribution in [2.75, 3.05) is 31.9 Å². The summed E-state index contributed by atoms with van der Waals surface area (Å²) in [6.45, 7) is 5.14. The minimum atomic E-state index is -4.08. The Morgan fingerprint density at radius 3 is 2.79 bits per heavy atom. The van der Waals surface area contributed by atoms with Crippen LogP contribution in [0.4, 0.5) is 13.2 Å². The highest BCUT2D eigenvalue weighted by atomic mass is 32.2. The van der Waals surface area contributed by atoms with Crippen molar-refractivity contribution in [3.8, 4) is 0 Å². The van der Waals surface area contributed by atoms with Crippen LogP contribution in [0.3, 0.4) is 0 Å². The van der Waals surface area contributed by atoms with E-state index in [-0.39, 0.29) is 17.5 Å². The quantitative estimate of drug-likeness (QED) is 0.788. The lowest BCUT2D eigenvalue weighted by molar-refractivity contribution is -0.0328. The van der Waals surface area contributed by atoms with Crippen molar-refractivity contribution in [2.45, 2.75) is 18.5 Å². The Balaban J connectivity index is 2.12. The Morgan fingerprint density at radius 2 is 2.21 bits per heavy atom. The van der Waals surface area contributed by atoms with Crippen LogP contribution < -0.4 is 5.32 Å². The van der Waals surface area contributed by atoms with Gasteiger partial charge in [0.1, 0.15) is 0 Å². The molecule has 0 bridgehead atoms. The lowest BCUT2D eigenvalue weighted by Gasteiger charge is -2.31. The summed E-state index contributed by atoms with van der Waals surface area (Å²) in [5, 5.41) is 3.25. The molecule has 0 aliphatic carbocycles. The number of alkyl halides is 3. The average Bonchev–Trinajstić information content (AvgIpc) is 2.01. The fraction of sp³-hybridized carbons (Fsp3) is 1.00. The Hall–Kier alpha value is 0.0600. The highest BCUT2D eigenvalue weighted by molar-refractivity contribution is 8.00. The molecule has 1 heterocycles. The maximum absolute atomic E-state index is 11.8. The van der Waals surface area contributed by atoms with Crippen LogP contribution in [0, 0.1) is 0 Å². The number of hydrogen-bond acceptors (Lipinski definition) is 3. The Kier molecular flexibility index (Phi) is 4.53. The van der Waals surface area contributed by atoms with E-state index in [1.54, 1.807) is 0 Å². The summed E-state index contributed by atoms with van der Waals surface area (Å²) in [5.41, 5.74) is -4.08. The third-order valence-electron chi connectivity index (χ3n) is 2.13. The molecule has 0 aromatic rings. The van der Waals surface area contributed by atoms with Crippen LogP contribution in [0.5, 0.6) is 0 Å². The first-order valence-corrected chi connectivity index (χ1v) is 5.62. The Labute approximate surface area is 86.2 Å². The summed E-state index contributed by atoms with van der Waals surface area (Å²) in [6, 6.07) is 0.389. The number of hydrogen-bond donors (Lipinski definition) is 1. The number of thioether (sulfide) groups is 1. The molecule has 0 aromatic heterocycles. The molecule has 2 nitrogen and oxygen atoms in total. The molecular weight excluding hydrogens is 213 g/mol. The molecule has 1 aliphatic heterocycles. The van der Waals surface area contributed by atoms with Gasteiger partial charge in [-0.2, -0.15) is 13.2 Å². The number of piperazine rings is 1. The molecule has 0 aromatic carbocycles. The van der Waals surface area contributed by atoms with E-state index in [0.717, 1.165) is 19.6 Å². The molecule has 1 atom stereocenters. The minimum Gasteiger partial charge on any atom is -0.312 e. The maximum atomic E-state index is 11.8. The lowest BCUT2D eigenvalue weighted by Crippen LogP contribution is -2.49. The number of halogens is 3. The van der Waals surface area contributed by atoms with E-state index in [4.69, 9.17) is 0 Å². The van der Waals surface area contributed by atoms with Crippen LogP contribution in [0.2, 0.25) is 0 Å². The van der Waals surface area contributed by atoms with Crippen molar-refractivity contribution in [3.63, 3.8) is 0 Å². The highest BCUT2D eigenvalue weighted by Gasteiger charge is 2.28. The molecule has 1 rings (SSSR count). The minimum absolute atomic E-state index is 0.0664. The fourth-order valence-electron chi connectivity index (χ4n) is 1.51. The molecule has 84 valence electrons. The van der Waals surface area contributed by atoms with Crippen LogP contribution in [-0.2, 0) is 0 Å². The molecule has 0 unspecified atom stereocenters. The molecule has 14 heavy (non-hydrogen) atoms. The topological polar surface area (TPSA) is 15.3 Å². The van der Waals surface area contributed by atoms with Gasteiger partial charge in [-0.15, -0.1) is 0 Å². The Bertz CT molecular complexity index is 174. The molecule has 0 amide bonds. The standard InChI is InChI=1S/C8H15F3N2S/c1-7-6-13(3-2-12-7)4-5-14-8(9,10)11/h7,12H,2-6H2,1H3/t7-/m0/s1. The molecule has 1 saturated heterocycles. The lowest BCUT2D eigenvalue weighted by atomic mass is 10.2. The summed E-state index contributed by atoms with van der Waals surface area (Å²) in [7, 11) is 0. The van der Waals surface area contributed by atoms with Crippen molar-refractivity contribution in [1.82, 2.24) is 10.2 Å². The van der Waals surface area contributed by atoms with Gasteiger partial charge in [0.15, 0.2) is 0 Å². The van der Waals surface area contributed by atoms with Crippen LogP contribution in [0.25, 0.3) is 0 Å². The van der Waals surface area contributed by atoms with Gasteiger partial charge in [0.25, 0.3) is 0 Å². The monoisotopic (exact) mass is 228 g/mol. The molecule has 1 aliphatic rings. The largest absolute Gasteiger partial charge is 0.441 e. The molecule has 6 heteroatoms. The summed E-state index contributed by atoms with van der Waals surface area (Å²) >= 11 is 0.0664. The first-order chi connectivity index (χ1) is 6.47. The van der Waals surface area contributed by atoms with Gasteiger partial charge in [-0.3, -0.25) is 4.90 Å². The first-order valence-electron chi connectivity index (χ1n) is 4.64. The molecule has 0 spiro atoms. The number of rotatable bonds is 3. The normalized spacial score (nSPS) is 25.3. The van der Waals surface area contributed by atoms with Crippen molar-refractivity contribution in [1.29, 1.82) is 0 Å². The zero-order valence-electron chi connectivity index (χ0n) is 8.10. The van der Waals surface area contributed by atoms with Crippen LogP contribution in [0.1, 0.15) is 6.92 Å². The van der Waals surface area contributed by atoms with Gasteiger partial charge in [0, 0.05) is 38.0 Å². The van der Waals surface area contributed by atoms with Crippen LogP contribution in [-0.4, -0.2) is 48.4 Å². The maximum Gasteiger partial charge on any atom is 0.441 e. The summed E-state index contributed by atoms with van der Waals surface area (Å²) < 4.78 is 35.5. The van der Waals surface area contributed by atoms with E-state index in [2.05, 4.69) is 10.2 Å². The summed E-state index contributed by atoms with van der Waals surface area (Å²) in [4.78, 5) is 2.07. The van der Waals surface area contributed by atoms with E-state index < -0.39 is 5.51 Å². The molecule has 0 radical (unpaired) electrons. The molecule has 1 N–H and O–H groups in total. The molecule has 1 fully saturated rings. The second-order valence-corrected chi connectivity index (χ2v) is 4.61. The second kappa shape index (κ2) is 5.23. The van der Waals surface area contributed by atoms with E-state index in [0.29, 0.717) is 12.6 Å². The van der Waals surface area contributed by atoms with Gasteiger partial charge in [0.2, 0.25) is 0 Å². The first kappa shape index (κ1) is 12.1. The molecular formula is C8H15F3N2S. The van der Waals surface area contributed by atoms with Crippen molar-refractivity contribution < 1.29 is 13.2 Å². The van der Waals surface area contributed by atoms with Crippen molar-refractivity contribution in [3.05, 3.63) is 0 Å². The average molecular weight is 228 g/mol.